The molecule has 5 N–H and O–H groups in total. The number of nitrogens with one attached hydrogen (secondary N) is 1. The Labute approximate surface area is 240 Å². The third kappa shape index (κ3) is 5.06. The maximum Gasteiger partial charge on any atom is 0.472 e. The zero-order chi connectivity index (χ0) is 30.1. The molecule has 3 saturated heterocycles. The first-order valence-electron chi connectivity index (χ1n) is 12.7. The van der Waals surface area contributed by atoms with E-state index in [2.05, 4.69) is 29.6 Å². The number of imidazole rings is 2. The van der Waals surface area contributed by atoms with E-state index in [9.17, 15) is 23.0 Å². The number of hydrogen-bond acceptors (Lipinski definition) is 15. The first-order chi connectivity index (χ1) is 20.5. The van der Waals surface area contributed by atoms with Gasteiger partial charge in [0.25, 0.3) is 0 Å². The van der Waals surface area contributed by atoms with Crippen LogP contribution in [-0.2, 0) is 37.6 Å². The number of aliphatic hydroxyl groups is 1. The minimum Gasteiger partial charge on any atom is -0.387 e. The van der Waals surface area contributed by atoms with Crippen LogP contribution in [0.15, 0.2) is 37.3 Å². The van der Waals surface area contributed by atoms with E-state index in [1.165, 1.54) is 28.0 Å². The molecule has 0 radical (unpaired) electrons. The minimum atomic E-state index is -5.06. The van der Waals surface area contributed by atoms with Crippen LogP contribution in [0.4, 0.5) is 10.2 Å². The summed E-state index contributed by atoms with van der Waals surface area (Å²) in [7, 11) is -9.75. The number of halogens is 1. The molecular weight excluding hydrogens is 620 g/mol. The molecule has 0 spiro atoms. The molecule has 9 atom stereocenters. The second-order valence-corrected chi connectivity index (χ2v) is 12.6. The van der Waals surface area contributed by atoms with Crippen LogP contribution < -0.4 is 10.5 Å². The van der Waals surface area contributed by atoms with Crippen LogP contribution in [0.1, 0.15) is 12.5 Å². The average Bonchev–Trinajstić information content (AvgIpc) is 3.72. The Balaban J connectivity index is 1.20. The highest BCUT2D eigenvalue weighted by Gasteiger charge is 2.53. The van der Waals surface area contributed by atoms with Crippen molar-refractivity contribution in [3.63, 3.8) is 0 Å². The quantitative estimate of drug-likeness (QED) is 0.193. The standard InChI is InChI=1S/C21H23FN9O10PS/c22-12-15-10(38-20(12)31-8-28-13-17(23)25-6-26-19(13)31)4-29-43(35,36)41-16-14(32)11(5-37-42(33,34)40-15)39-21(16)30-7-27-9-2-1-3-24-18(9)30/h1-3,6-8,10-12,14-16,20-21,29,32H,4-5H2,(H,33,34)(H2,23,25,26). The van der Waals surface area contributed by atoms with Crippen LogP contribution in [0.2, 0.25) is 0 Å². The number of fused-ring (bicyclic) bond motifs is 5. The highest BCUT2D eigenvalue weighted by atomic mass is 32.2. The summed E-state index contributed by atoms with van der Waals surface area (Å²) in [5.74, 6) is 0.0194. The number of pyridine rings is 1. The highest BCUT2D eigenvalue weighted by molar-refractivity contribution is 7.84. The van der Waals surface area contributed by atoms with E-state index in [4.69, 9.17) is 28.4 Å². The molecule has 9 unspecified atom stereocenters. The fraction of sp³-hybridized carbons (Fsp3) is 0.476. The molecule has 19 nitrogen and oxygen atoms in total. The van der Waals surface area contributed by atoms with E-state index in [0.29, 0.717) is 11.2 Å². The second-order valence-electron chi connectivity index (χ2n) is 9.84. The van der Waals surface area contributed by atoms with E-state index in [1.807, 2.05) is 0 Å². The topological polar surface area (TPSA) is 250 Å². The number of aromatic nitrogens is 7. The zero-order valence-electron chi connectivity index (χ0n) is 21.6. The first-order valence-corrected chi connectivity index (χ1v) is 15.6. The second kappa shape index (κ2) is 10.4. The van der Waals surface area contributed by atoms with E-state index >= 15 is 4.39 Å². The summed E-state index contributed by atoms with van der Waals surface area (Å²) >= 11 is 0. The van der Waals surface area contributed by atoms with Crippen LogP contribution in [-0.4, -0.2) is 102 Å². The molecule has 0 amide bonds. The number of phosphoric ester groups is 1. The van der Waals surface area contributed by atoms with Gasteiger partial charge in [0.2, 0.25) is 0 Å². The molecule has 4 aromatic rings. The number of ether oxygens (including phenoxy) is 2. The Morgan fingerprint density at radius 2 is 1.81 bits per heavy atom. The van der Waals surface area contributed by atoms with Gasteiger partial charge in [-0.15, -0.1) is 0 Å². The summed E-state index contributed by atoms with van der Waals surface area (Å²) in [5.41, 5.74) is 6.79. The molecule has 22 heteroatoms. The van der Waals surface area contributed by atoms with Crippen LogP contribution >= 0.6 is 7.82 Å². The summed E-state index contributed by atoms with van der Waals surface area (Å²) in [6.45, 7) is -1.44. The zero-order valence-corrected chi connectivity index (χ0v) is 23.3. The number of phosphoric acid groups is 1. The summed E-state index contributed by atoms with van der Waals surface area (Å²) in [5, 5.41) is 11.0. The lowest BCUT2D eigenvalue weighted by molar-refractivity contribution is -0.0536. The van der Waals surface area contributed by atoms with Crippen molar-refractivity contribution in [3.05, 3.63) is 37.3 Å². The lowest BCUT2D eigenvalue weighted by Gasteiger charge is -2.24. The molecule has 7 rings (SSSR count). The SMILES string of the molecule is Nc1ncnc2c1ncn2C1OC2CNS(=O)(=O)OC3C(O)C(COP(=O)(O)OC2C1F)OC3n1cnc2cccnc21. The van der Waals surface area contributed by atoms with Crippen molar-refractivity contribution in [3.8, 4) is 0 Å². The molecule has 3 fully saturated rings. The van der Waals surface area contributed by atoms with Gasteiger partial charge >= 0.3 is 18.1 Å². The molecular formula is C21H23FN9O10PS. The van der Waals surface area contributed by atoms with Gasteiger partial charge in [-0.3, -0.25) is 18.2 Å². The molecule has 4 aromatic heterocycles. The van der Waals surface area contributed by atoms with Crippen molar-refractivity contribution < 1.29 is 50.1 Å². The summed E-state index contributed by atoms with van der Waals surface area (Å²) in [6.07, 6.45) is -7.83. The van der Waals surface area contributed by atoms with Crippen molar-refractivity contribution in [2.24, 2.45) is 0 Å². The van der Waals surface area contributed by atoms with Crippen molar-refractivity contribution in [1.82, 2.24) is 38.8 Å². The van der Waals surface area contributed by atoms with Gasteiger partial charge in [-0.25, -0.2) is 38.1 Å². The minimum absolute atomic E-state index is 0.0194. The normalized spacial score (nSPS) is 36.6. The van der Waals surface area contributed by atoms with Gasteiger partial charge in [-0.05, 0) is 12.1 Å². The Morgan fingerprint density at radius 3 is 2.65 bits per heavy atom. The van der Waals surface area contributed by atoms with Gasteiger partial charge in [0, 0.05) is 12.7 Å². The highest BCUT2D eigenvalue weighted by Crippen LogP contribution is 2.50. The van der Waals surface area contributed by atoms with E-state index in [-0.39, 0.29) is 17.0 Å². The maximum atomic E-state index is 15.9. The number of anilines is 1. The molecule has 43 heavy (non-hydrogen) atoms. The Morgan fingerprint density at radius 1 is 1.05 bits per heavy atom. The van der Waals surface area contributed by atoms with Crippen molar-refractivity contribution in [2.45, 2.75) is 49.1 Å². The fourth-order valence-electron chi connectivity index (χ4n) is 5.22. The Hall–Kier alpha value is -3.24. The predicted octanol–water partition coefficient (Wildman–Crippen LogP) is -0.917. The maximum absolute atomic E-state index is 15.9. The summed E-state index contributed by atoms with van der Waals surface area (Å²) < 4.78 is 86.8. The number of hydrogen-bond donors (Lipinski definition) is 4. The van der Waals surface area contributed by atoms with Crippen LogP contribution in [0.25, 0.3) is 22.3 Å². The van der Waals surface area contributed by atoms with Crippen molar-refractivity contribution >= 4 is 46.3 Å². The Kier molecular flexibility index (Phi) is 6.93. The number of rotatable bonds is 2. The third-order valence-corrected chi connectivity index (χ3v) is 9.18. The van der Waals surface area contributed by atoms with Crippen LogP contribution in [0.3, 0.4) is 0 Å². The number of nitrogens with two attached hydrogens (primary N) is 1. The lowest BCUT2D eigenvalue weighted by Crippen LogP contribution is -2.43. The number of nitrogens with zero attached hydrogens (tertiary/aromatic N) is 7. The van der Waals surface area contributed by atoms with E-state index in [1.54, 1.807) is 12.1 Å². The monoisotopic (exact) mass is 643 g/mol. The van der Waals surface area contributed by atoms with Gasteiger partial charge in [0.1, 0.15) is 41.8 Å². The van der Waals surface area contributed by atoms with Gasteiger partial charge in [-0.2, -0.15) is 13.1 Å². The average molecular weight is 644 g/mol. The van der Waals surface area contributed by atoms with Gasteiger partial charge in [-0.1, -0.05) is 0 Å². The van der Waals surface area contributed by atoms with Gasteiger partial charge in [0.15, 0.2) is 41.8 Å². The van der Waals surface area contributed by atoms with E-state index < -0.39 is 80.4 Å². The van der Waals surface area contributed by atoms with Gasteiger partial charge < -0.3 is 25.2 Å². The molecule has 230 valence electrons. The molecule has 3 aliphatic rings. The first kappa shape index (κ1) is 28.5. The third-order valence-electron chi connectivity index (χ3n) is 7.20. The number of aliphatic hydroxyl groups excluding tert-OH is 1. The van der Waals surface area contributed by atoms with E-state index in [0.717, 1.165) is 6.33 Å². The summed E-state index contributed by atoms with van der Waals surface area (Å²) in [4.78, 5) is 30.9. The molecule has 3 aliphatic heterocycles. The lowest BCUT2D eigenvalue weighted by atomic mass is 10.1. The molecule has 0 aromatic carbocycles. The van der Waals surface area contributed by atoms with Crippen molar-refractivity contribution in [1.29, 1.82) is 0 Å². The summed E-state index contributed by atoms with van der Waals surface area (Å²) in [6, 6.07) is 3.30. The van der Waals surface area contributed by atoms with Crippen molar-refractivity contribution in [2.75, 3.05) is 18.9 Å². The molecule has 0 aliphatic carbocycles. The fourth-order valence-corrected chi connectivity index (χ4v) is 7.11. The molecule has 2 bridgehead atoms. The van der Waals surface area contributed by atoms with Crippen LogP contribution in [0, 0.1) is 0 Å². The van der Waals surface area contributed by atoms with Gasteiger partial charge in [0.05, 0.1) is 19.3 Å². The molecule has 0 saturated carbocycles. The predicted molar refractivity (Wildman–Crippen MR) is 138 cm³/mol. The van der Waals surface area contributed by atoms with Crippen LogP contribution in [0.5, 0.6) is 0 Å². The molecule has 7 heterocycles. The number of nitrogen functional groups attached to an aromatic ring is 1. The Bertz CT molecular complexity index is 1840. The largest absolute Gasteiger partial charge is 0.472 e. The number of alkyl halides is 1. The smallest absolute Gasteiger partial charge is 0.387 e.